The third-order valence-electron chi connectivity index (χ3n) is 3.03. The van der Waals surface area contributed by atoms with Crippen molar-refractivity contribution in [2.75, 3.05) is 18.5 Å². The van der Waals surface area contributed by atoms with E-state index in [1.165, 1.54) is 0 Å². The highest BCUT2D eigenvalue weighted by Crippen LogP contribution is 2.13. The summed E-state index contributed by atoms with van der Waals surface area (Å²) in [4.78, 5) is 11.7. The Morgan fingerprint density at radius 1 is 1.50 bits per heavy atom. The van der Waals surface area contributed by atoms with Crippen LogP contribution in [0, 0.1) is 6.92 Å². The molecule has 0 saturated heterocycles. The van der Waals surface area contributed by atoms with E-state index in [2.05, 4.69) is 5.32 Å². The molecule has 1 rings (SSSR count). The highest BCUT2D eigenvalue weighted by molar-refractivity contribution is 5.91. The van der Waals surface area contributed by atoms with Gasteiger partial charge in [0, 0.05) is 12.2 Å². The predicted octanol–water partition coefficient (Wildman–Crippen LogP) is 2.08. The standard InChI is InChI=1S/C14H22N2O2/c1-4-14(3,10-15)18-9-13(17)16-12-7-5-6-11(2)8-12/h5-8H,4,9-10,15H2,1-3H3,(H,16,17). The number of anilines is 1. The lowest BCUT2D eigenvalue weighted by atomic mass is 10.0. The van der Waals surface area contributed by atoms with Crippen LogP contribution in [0.4, 0.5) is 5.69 Å². The maximum atomic E-state index is 11.7. The van der Waals surface area contributed by atoms with Crippen LogP contribution >= 0.6 is 0 Å². The van der Waals surface area contributed by atoms with E-state index < -0.39 is 5.60 Å². The Balaban J connectivity index is 2.47. The van der Waals surface area contributed by atoms with Crippen molar-refractivity contribution in [3.05, 3.63) is 29.8 Å². The SMILES string of the molecule is CCC(C)(CN)OCC(=O)Nc1cccc(C)c1. The first-order valence-corrected chi connectivity index (χ1v) is 6.19. The third-order valence-corrected chi connectivity index (χ3v) is 3.03. The highest BCUT2D eigenvalue weighted by Gasteiger charge is 2.21. The van der Waals surface area contributed by atoms with Crippen molar-refractivity contribution in [3.63, 3.8) is 0 Å². The second kappa shape index (κ2) is 6.52. The molecule has 0 aliphatic heterocycles. The average Bonchev–Trinajstić information content (AvgIpc) is 2.36. The number of carbonyl (C=O) groups excluding carboxylic acids is 1. The summed E-state index contributed by atoms with van der Waals surface area (Å²) < 4.78 is 5.56. The Morgan fingerprint density at radius 3 is 2.78 bits per heavy atom. The molecule has 0 aliphatic carbocycles. The average molecular weight is 250 g/mol. The van der Waals surface area contributed by atoms with Crippen molar-refractivity contribution in [1.82, 2.24) is 0 Å². The number of nitrogens with one attached hydrogen (secondary N) is 1. The van der Waals surface area contributed by atoms with Crippen LogP contribution < -0.4 is 11.1 Å². The number of carbonyl (C=O) groups is 1. The molecule has 3 N–H and O–H groups in total. The van der Waals surface area contributed by atoms with Crippen LogP contribution in [0.5, 0.6) is 0 Å². The minimum Gasteiger partial charge on any atom is -0.364 e. The summed E-state index contributed by atoms with van der Waals surface area (Å²) in [6, 6.07) is 7.66. The third kappa shape index (κ3) is 4.47. The summed E-state index contributed by atoms with van der Waals surface area (Å²) in [5, 5.41) is 2.80. The molecule has 0 spiro atoms. The lowest BCUT2D eigenvalue weighted by Crippen LogP contribution is -2.39. The zero-order valence-corrected chi connectivity index (χ0v) is 11.3. The van der Waals surface area contributed by atoms with Gasteiger partial charge < -0.3 is 15.8 Å². The van der Waals surface area contributed by atoms with Gasteiger partial charge in [-0.25, -0.2) is 0 Å². The molecule has 0 aliphatic rings. The lowest BCUT2D eigenvalue weighted by molar-refractivity contribution is -0.126. The van der Waals surface area contributed by atoms with Gasteiger partial charge in [0.25, 0.3) is 0 Å². The van der Waals surface area contributed by atoms with Crippen molar-refractivity contribution in [2.45, 2.75) is 32.8 Å². The van der Waals surface area contributed by atoms with Crippen LogP contribution in [0.1, 0.15) is 25.8 Å². The molecular formula is C14H22N2O2. The summed E-state index contributed by atoms with van der Waals surface area (Å²) in [6.07, 6.45) is 0.779. The van der Waals surface area contributed by atoms with E-state index in [4.69, 9.17) is 10.5 Å². The molecule has 0 bridgehead atoms. The van der Waals surface area contributed by atoms with E-state index in [1.807, 2.05) is 45.0 Å². The number of hydrogen-bond donors (Lipinski definition) is 2. The first-order chi connectivity index (χ1) is 8.49. The minimum atomic E-state index is -0.427. The lowest BCUT2D eigenvalue weighted by Gasteiger charge is -2.26. The first kappa shape index (κ1) is 14.7. The molecule has 0 radical (unpaired) electrons. The summed E-state index contributed by atoms with van der Waals surface area (Å²) >= 11 is 0. The topological polar surface area (TPSA) is 64.3 Å². The van der Waals surface area contributed by atoms with Crippen LogP contribution in [0.2, 0.25) is 0 Å². The van der Waals surface area contributed by atoms with Gasteiger partial charge in [-0.05, 0) is 38.0 Å². The monoisotopic (exact) mass is 250 g/mol. The quantitative estimate of drug-likeness (QED) is 0.812. The van der Waals surface area contributed by atoms with E-state index >= 15 is 0 Å². The largest absolute Gasteiger partial charge is 0.364 e. The van der Waals surface area contributed by atoms with Crippen LogP contribution in [0.15, 0.2) is 24.3 Å². The van der Waals surface area contributed by atoms with Crippen molar-refractivity contribution in [3.8, 4) is 0 Å². The molecule has 1 aromatic rings. The van der Waals surface area contributed by atoms with E-state index in [0.717, 1.165) is 17.7 Å². The fourth-order valence-electron chi connectivity index (χ4n) is 1.46. The molecule has 4 heteroatoms. The molecule has 1 atom stereocenters. The molecule has 100 valence electrons. The van der Waals surface area contributed by atoms with Gasteiger partial charge >= 0.3 is 0 Å². The zero-order valence-electron chi connectivity index (χ0n) is 11.3. The maximum absolute atomic E-state index is 11.7. The normalized spacial score (nSPS) is 14.0. The fraction of sp³-hybridized carbons (Fsp3) is 0.500. The molecule has 0 aromatic heterocycles. The second-order valence-corrected chi connectivity index (χ2v) is 4.71. The Kier molecular flexibility index (Phi) is 5.31. The van der Waals surface area contributed by atoms with Gasteiger partial charge in [-0.15, -0.1) is 0 Å². The molecule has 1 aromatic carbocycles. The van der Waals surface area contributed by atoms with Crippen LogP contribution in [-0.2, 0) is 9.53 Å². The van der Waals surface area contributed by atoms with Crippen molar-refractivity contribution < 1.29 is 9.53 Å². The predicted molar refractivity (Wildman–Crippen MR) is 73.5 cm³/mol. The number of aryl methyl sites for hydroxylation is 1. The molecule has 0 fully saturated rings. The number of amides is 1. The van der Waals surface area contributed by atoms with E-state index in [0.29, 0.717) is 6.54 Å². The molecule has 18 heavy (non-hydrogen) atoms. The van der Waals surface area contributed by atoms with Crippen molar-refractivity contribution >= 4 is 11.6 Å². The number of hydrogen-bond acceptors (Lipinski definition) is 3. The molecular weight excluding hydrogens is 228 g/mol. The second-order valence-electron chi connectivity index (χ2n) is 4.71. The summed E-state index contributed by atoms with van der Waals surface area (Å²) in [6.45, 7) is 6.31. The number of ether oxygens (including phenoxy) is 1. The van der Waals surface area contributed by atoms with Crippen molar-refractivity contribution in [1.29, 1.82) is 0 Å². The van der Waals surface area contributed by atoms with Gasteiger partial charge in [-0.1, -0.05) is 19.1 Å². The van der Waals surface area contributed by atoms with Crippen LogP contribution in [-0.4, -0.2) is 24.7 Å². The molecule has 1 amide bonds. The molecule has 4 nitrogen and oxygen atoms in total. The van der Waals surface area contributed by atoms with Crippen molar-refractivity contribution in [2.24, 2.45) is 5.73 Å². The maximum Gasteiger partial charge on any atom is 0.250 e. The van der Waals surface area contributed by atoms with Gasteiger partial charge in [0.05, 0.1) is 5.60 Å². The zero-order chi connectivity index (χ0) is 13.6. The first-order valence-electron chi connectivity index (χ1n) is 6.19. The van der Waals surface area contributed by atoms with Crippen LogP contribution in [0.3, 0.4) is 0 Å². The minimum absolute atomic E-state index is 0.0233. The summed E-state index contributed by atoms with van der Waals surface area (Å²) in [7, 11) is 0. The van der Waals surface area contributed by atoms with Gasteiger partial charge in [-0.3, -0.25) is 4.79 Å². The Labute approximate surface area is 109 Å². The summed E-state index contributed by atoms with van der Waals surface area (Å²) in [5.41, 5.74) is 7.09. The van der Waals surface area contributed by atoms with E-state index in [1.54, 1.807) is 0 Å². The molecule has 1 unspecified atom stereocenters. The van der Waals surface area contributed by atoms with Gasteiger partial charge in [-0.2, -0.15) is 0 Å². The number of benzene rings is 1. The Hall–Kier alpha value is -1.39. The summed E-state index contributed by atoms with van der Waals surface area (Å²) in [5.74, 6) is -0.159. The highest BCUT2D eigenvalue weighted by atomic mass is 16.5. The smallest absolute Gasteiger partial charge is 0.250 e. The van der Waals surface area contributed by atoms with Crippen LogP contribution in [0.25, 0.3) is 0 Å². The molecule has 0 saturated carbocycles. The Morgan fingerprint density at radius 2 is 2.22 bits per heavy atom. The van der Waals surface area contributed by atoms with Gasteiger partial charge in [0.15, 0.2) is 0 Å². The fourth-order valence-corrected chi connectivity index (χ4v) is 1.46. The number of nitrogens with two attached hydrogens (primary N) is 1. The molecule has 0 heterocycles. The van der Waals surface area contributed by atoms with E-state index in [9.17, 15) is 4.79 Å². The van der Waals surface area contributed by atoms with Gasteiger partial charge in [0.2, 0.25) is 5.91 Å². The van der Waals surface area contributed by atoms with Gasteiger partial charge in [0.1, 0.15) is 6.61 Å². The van der Waals surface area contributed by atoms with E-state index in [-0.39, 0.29) is 12.5 Å². The number of rotatable bonds is 6. The Bertz CT molecular complexity index is 401.